The first kappa shape index (κ1) is 18.0. The molecule has 1 amide bonds. The predicted molar refractivity (Wildman–Crippen MR) is 90.4 cm³/mol. The van der Waals surface area contributed by atoms with Crippen LogP contribution in [-0.2, 0) is 9.53 Å². The van der Waals surface area contributed by atoms with Crippen molar-refractivity contribution in [1.82, 2.24) is 10.2 Å². The van der Waals surface area contributed by atoms with Gasteiger partial charge in [-0.2, -0.15) is 0 Å². The molecule has 2 aliphatic heterocycles. The second-order valence-electron chi connectivity index (χ2n) is 7.34. The molecule has 1 N–H and O–H groups in total. The zero-order chi connectivity index (χ0) is 14.8. The maximum atomic E-state index is 13.1. The number of carbonyl (C=O) groups is 1. The largest absolute Gasteiger partial charge is 0.368 e. The molecule has 3 aliphatic rings. The summed E-state index contributed by atoms with van der Waals surface area (Å²) in [7, 11) is 1.71. The highest BCUT2D eigenvalue weighted by molar-refractivity contribution is 5.86. The van der Waals surface area contributed by atoms with Crippen LogP contribution in [0.1, 0.15) is 57.8 Å². The van der Waals surface area contributed by atoms with E-state index in [1.54, 1.807) is 7.11 Å². The van der Waals surface area contributed by atoms with Crippen LogP contribution in [0.15, 0.2) is 0 Å². The predicted octanol–water partition coefficient (Wildman–Crippen LogP) is 2.75. The second kappa shape index (κ2) is 7.50. The summed E-state index contributed by atoms with van der Waals surface area (Å²) in [5, 5.41) is 3.34. The van der Waals surface area contributed by atoms with E-state index in [4.69, 9.17) is 4.74 Å². The molecule has 1 spiro atoms. The van der Waals surface area contributed by atoms with Gasteiger partial charge < -0.3 is 15.0 Å². The number of hydrogen-bond acceptors (Lipinski definition) is 3. The lowest BCUT2D eigenvalue weighted by molar-refractivity contribution is -0.162. The molecular weight excluding hydrogens is 300 g/mol. The fourth-order valence-electron chi connectivity index (χ4n) is 4.72. The number of methoxy groups -OCH3 is 1. The van der Waals surface area contributed by atoms with E-state index >= 15 is 0 Å². The molecule has 1 saturated carbocycles. The van der Waals surface area contributed by atoms with E-state index in [0.29, 0.717) is 5.41 Å². The number of rotatable bonds is 2. The average molecular weight is 331 g/mol. The van der Waals surface area contributed by atoms with Gasteiger partial charge in [0.25, 0.3) is 5.91 Å². The van der Waals surface area contributed by atoms with E-state index in [-0.39, 0.29) is 18.3 Å². The summed E-state index contributed by atoms with van der Waals surface area (Å²) < 4.78 is 5.74. The first-order chi connectivity index (χ1) is 10.2. The van der Waals surface area contributed by atoms with Crippen molar-refractivity contribution in [2.24, 2.45) is 5.41 Å². The summed E-state index contributed by atoms with van der Waals surface area (Å²) in [5.41, 5.74) is -0.132. The van der Waals surface area contributed by atoms with E-state index in [1.165, 1.54) is 44.9 Å². The molecule has 0 bridgehead atoms. The van der Waals surface area contributed by atoms with Crippen LogP contribution in [0, 0.1) is 5.41 Å². The topological polar surface area (TPSA) is 41.6 Å². The highest BCUT2D eigenvalue weighted by Gasteiger charge is 2.46. The zero-order valence-corrected chi connectivity index (χ0v) is 14.7. The van der Waals surface area contributed by atoms with Crippen LogP contribution in [-0.4, -0.2) is 49.7 Å². The van der Waals surface area contributed by atoms with Crippen LogP contribution in [0.3, 0.4) is 0 Å². The number of ether oxygens (including phenoxy) is 1. The first-order valence-corrected chi connectivity index (χ1v) is 8.75. The van der Waals surface area contributed by atoms with Gasteiger partial charge in [0.2, 0.25) is 0 Å². The van der Waals surface area contributed by atoms with Gasteiger partial charge in [-0.15, -0.1) is 12.4 Å². The number of halogens is 1. The molecule has 0 unspecified atom stereocenters. The fraction of sp³-hybridized carbons (Fsp3) is 0.941. The molecule has 5 heteroatoms. The van der Waals surface area contributed by atoms with Crippen molar-refractivity contribution >= 4 is 18.3 Å². The second-order valence-corrected chi connectivity index (χ2v) is 7.34. The number of hydrogen-bond donors (Lipinski definition) is 1. The molecule has 2 saturated heterocycles. The molecule has 0 aromatic carbocycles. The summed E-state index contributed by atoms with van der Waals surface area (Å²) in [5.74, 6) is 0.260. The SMILES string of the molecule is COC1(C(=O)N2CCCC3(CCCCC3)C2)CCNCC1.Cl. The van der Waals surface area contributed by atoms with Crippen molar-refractivity contribution in [1.29, 1.82) is 0 Å². The molecule has 0 aromatic heterocycles. The average Bonchev–Trinajstić information content (AvgIpc) is 2.55. The van der Waals surface area contributed by atoms with Crippen molar-refractivity contribution in [3.63, 3.8) is 0 Å². The van der Waals surface area contributed by atoms with Gasteiger partial charge in [0.05, 0.1) is 0 Å². The van der Waals surface area contributed by atoms with E-state index in [9.17, 15) is 4.79 Å². The van der Waals surface area contributed by atoms with Crippen LogP contribution < -0.4 is 5.32 Å². The van der Waals surface area contributed by atoms with Crippen LogP contribution in [0.2, 0.25) is 0 Å². The third kappa shape index (κ3) is 3.44. The van der Waals surface area contributed by atoms with Crippen molar-refractivity contribution in [2.75, 3.05) is 33.3 Å². The van der Waals surface area contributed by atoms with Crippen LogP contribution >= 0.6 is 12.4 Å². The highest BCUT2D eigenvalue weighted by atomic mass is 35.5. The minimum Gasteiger partial charge on any atom is -0.368 e. The Morgan fingerprint density at radius 2 is 1.64 bits per heavy atom. The number of nitrogens with one attached hydrogen (secondary N) is 1. The normalized spacial score (nSPS) is 27.2. The summed E-state index contributed by atoms with van der Waals surface area (Å²) in [4.78, 5) is 15.2. The summed E-state index contributed by atoms with van der Waals surface area (Å²) >= 11 is 0. The van der Waals surface area contributed by atoms with Gasteiger partial charge in [0, 0.05) is 20.2 Å². The van der Waals surface area contributed by atoms with Crippen LogP contribution in [0.4, 0.5) is 0 Å². The quantitative estimate of drug-likeness (QED) is 0.846. The Hall–Kier alpha value is -0.320. The monoisotopic (exact) mass is 330 g/mol. The van der Waals surface area contributed by atoms with E-state index in [2.05, 4.69) is 10.2 Å². The third-order valence-corrected chi connectivity index (χ3v) is 6.05. The minimum atomic E-state index is -0.557. The number of carbonyl (C=O) groups excluding carboxylic acids is 1. The van der Waals surface area contributed by atoms with Crippen molar-refractivity contribution in [3.05, 3.63) is 0 Å². The molecular formula is C17H31ClN2O2. The van der Waals surface area contributed by atoms with Gasteiger partial charge in [-0.05, 0) is 57.0 Å². The molecule has 0 atom stereocenters. The standard InChI is InChI=1S/C17H30N2O2.ClH/c1-21-17(9-11-18-12-10-17)15(20)19-13-5-8-16(14-19)6-3-2-4-7-16;/h18H,2-14H2,1H3;1H. The third-order valence-electron chi connectivity index (χ3n) is 6.05. The maximum absolute atomic E-state index is 13.1. The van der Waals surface area contributed by atoms with Crippen LogP contribution in [0.5, 0.6) is 0 Å². The number of nitrogens with zero attached hydrogens (tertiary/aromatic N) is 1. The summed E-state index contributed by atoms with van der Waals surface area (Å²) in [6.07, 6.45) is 10.8. The van der Waals surface area contributed by atoms with E-state index < -0.39 is 5.60 Å². The minimum absolute atomic E-state index is 0. The van der Waals surface area contributed by atoms with Gasteiger partial charge in [0.1, 0.15) is 5.60 Å². The first-order valence-electron chi connectivity index (χ1n) is 8.75. The van der Waals surface area contributed by atoms with Gasteiger partial charge in [-0.3, -0.25) is 4.79 Å². The molecule has 4 nitrogen and oxygen atoms in total. The number of piperidine rings is 2. The number of amides is 1. The van der Waals surface area contributed by atoms with Gasteiger partial charge in [0.15, 0.2) is 0 Å². The molecule has 1 aliphatic carbocycles. The van der Waals surface area contributed by atoms with E-state index in [0.717, 1.165) is 39.0 Å². The van der Waals surface area contributed by atoms with Crippen molar-refractivity contribution < 1.29 is 9.53 Å². The lowest BCUT2D eigenvalue weighted by Crippen LogP contribution is -2.58. The van der Waals surface area contributed by atoms with Crippen LogP contribution in [0.25, 0.3) is 0 Å². The Morgan fingerprint density at radius 3 is 2.27 bits per heavy atom. The Kier molecular flexibility index (Phi) is 6.14. The van der Waals surface area contributed by atoms with Gasteiger partial charge >= 0.3 is 0 Å². The molecule has 3 rings (SSSR count). The highest BCUT2D eigenvalue weighted by Crippen LogP contribution is 2.44. The fourth-order valence-corrected chi connectivity index (χ4v) is 4.72. The molecule has 22 heavy (non-hydrogen) atoms. The Balaban J connectivity index is 0.00000176. The molecule has 3 fully saturated rings. The Bertz CT molecular complexity index is 371. The maximum Gasteiger partial charge on any atom is 0.254 e. The Morgan fingerprint density at radius 1 is 1.00 bits per heavy atom. The zero-order valence-electron chi connectivity index (χ0n) is 13.9. The lowest BCUT2D eigenvalue weighted by atomic mass is 9.69. The van der Waals surface area contributed by atoms with Crippen molar-refractivity contribution in [3.8, 4) is 0 Å². The summed E-state index contributed by atoms with van der Waals surface area (Å²) in [6, 6.07) is 0. The molecule has 2 heterocycles. The molecule has 0 radical (unpaired) electrons. The number of likely N-dealkylation sites (tertiary alicyclic amines) is 1. The Labute approximate surface area is 140 Å². The van der Waals surface area contributed by atoms with E-state index in [1.807, 2.05) is 0 Å². The summed E-state index contributed by atoms with van der Waals surface area (Å²) in [6.45, 7) is 3.68. The lowest BCUT2D eigenvalue weighted by Gasteiger charge is -2.48. The molecule has 128 valence electrons. The van der Waals surface area contributed by atoms with Gasteiger partial charge in [-0.1, -0.05) is 19.3 Å². The van der Waals surface area contributed by atoms with Gasteiger partial charge in [-0.25, -0.2) is 0 Å². The van der Waals surface area contributed by atoms with Crippen molar-refractivity contribution in [2.45, 2.75) is 63.4 Å². The smallest absolute Gasteiger partial charge is 0.254 e. The molecule has 0 aromatic rings.